The van der Waals surface area contributed by atoms with Gasteiger partial charge in [0, 0.05) is 32.2 Å². The van der Waals surface area contributed by atoms with Crippen molar-refractivity contribution in [2.75, 3.05) is 19.6 Å². The largest absolute Gasteiger partial charge is 0.314 e. The van der Waals surface area contributed by atoms with Crippen molar-refractivity contribution < 1.29 is 4.39 Å². The molecule has 1 saturated heterocycles. The van der Waals surface area contributed by atoms with Crippen LogP contribution in [0.1, 0.15) is 25.3 Å². The van der Waals surface area contributed by atoms with E-state index in [-0.39, 0.29) is 10.8 Å². The quantitative estimate of drug-likeness (QED) is 0.905. The van der Waals surface area contributed by atoms with E-state index in [2.05, 4.69) is 17.1 Å². The highest BCUT2D eigenvalue weighted by molar-refractivity contribution is 6.31. The third-order valence-electron chi connectivity index (χ3n) is 3.50. The van der Waals surface area contributed by atoms with Gasteiger partial charge in [0.15, 0.2) is 0 Å². The molecule has 2 rings (SSSR count). The molecule has 4 heteroatoms. The molecule has 0 saturated carbocycles. The van der Waals surface area contributed by atoms with E-state index in [4.69, 9.17) is 11.6 Å². The number of halogens is 2. The van der Waals surface area contributed by atoms with E-state index in [1.807, 2.05) is 6.07 Å². The zero-order valence-electron chi connectivity index (χ0n) is 10.8. The molecule has 0 aliphatic carbocycles. The lowest BCUT2D eigenvalue weighted by atomic mass is 10.1. The molecule has 2 nitrogen and oxygen atoms in total. The first-order valence-corrected chi connectivity index (χ1v) is 6.97. The van der Waals surface area contributed by atoms with Crippen molar-refractivity contribution in [3.8, 4) is 0 Å². The molecule has 1 unspecified atom stereocenters. The molecule has 1 atom stereocenters. The number of nitrogens with one attached hydrogen (secondary N) is 1. The van der Waals surface area contributed by atoms with Gasteiger partial charge in [-0.15, -0.1) is 0 Å². The normalized spacial score (nSPS) is 21.2. The maximum absolute atomic E-state index is 13.4. The van der Waals surface area contributed by atoms with Gasteiger partial charge in [-0.25, -0.2) is 4.39 Å². The fourth-order valence-electron chi connectivity index (χ4n) is 2.52. The Morgan fingerprint density at radius 3 is 3.11 bits per heavy atom. The molecule has 1 aromatic rings. The predicted octanol–water partition coefficient (Wildman–Crippen LogP) is 3.05. The van der Waals surface area contributed by atoms with Crippen LogP contribution < -0.4 is 5.32 Å². The second kappa shape index (κ2) is 6.50. The summed E-state index contributed by atoms with van der Waals surface area (Å²) in [6.45, 7) is 5.94. The van der Waals surface area contributed by atoms with E-state index >= 15 is 0 Å². The zero-order valence-corrected chi connectivity index (χ0v) is 11.5. The lowest BCUT2D eigenvalue weighted by molar-refractivity contribution is 0.144. The van der Waals surface area contributed by atoms with E-state index in [0.29, 0.717) is 6.04 Å². The van der Waals surface area contributed by atoms with Crippen molar-refractivity contribution in [1.29, 1.82) is 0 Å². The van der Waals surface area contributed by atoms with Gasteiger partial charge in [-0.2, -0.15) is 0 Å². The molecule has 1 aromatic carbocycles. The van der Waals surface area contributed by atoms with Crippen molar-refractivity contribution in [2.24, 2.45) is 0 Å². The summed E-state index contributed by atoms with van der Waals surface area (Å²) >= 11 is 6.02. The van der Waals surface area contributed by atoms with Gasteiger partial charge in [-0.05, 0) is 18.1 Å². The van der Waals surface area contributed by atoms with Crippen molar-refractivity contribution >= 4 is 11.6 Å². The SMILES string of the molecule is CCCC1CNCCN1Cc1cccc(F)c1Cl. The van der Waals surface area contributed by atoms with Crippen LogP contribution >= 0.6 is 11.6 Å². The molecule has 0 aromatic heterocycles. The van der Waals surface area contributed by atoms with Crippen LogP contribution in [-0.4, -0.2) is 30.6 Å². The predicted molar refractivity (Wildman–Crippen MR) is 73.4 cm³/mol. The second-order valence-electron chi connectivity index (χ2n) is 4.83. The van der Waals surface area contributed by atoms with Crippen LogP contribution in [0.25, 0.3) is 0 Å². The van der Waals surface area contributed by atoms with Crippen molar-refractivity contribution in [3.63, 3.8) is 0 Å². The zero-order chi connectivity index (χ0) is 13.0. The molecular formula is C14H20ClFN2. The van der Waals surface area contributed by atoms with Crippen LogP contribution in [0.15, 0.2) is 18.2 Å². The number of nitrogens with zero attached hydrogens (tertiary/aromatic N) is 1. The van der Waals surface area contributed by atoms with E-state index in [1.54, 1.807) is 6.07 Å². The molecule has 1 aliphatic heterocycles. The van der Waals surface area contributed by atoms with Gasteiger partial charge in [0.1, 0.15) is 5.82 Å². The summed E-state index contributed by atoms with van der Waals surface area (Å²) in [4.78, 5) is 2.40. The molecule has 0 spiro atoms. The lowest BCUT2D eigenvalue weighted by Gasteiger charge is -2.36. The van der Waals surface area contributed by atoms with Crippen LogP contribution in [0.5, 0.6) is 0 Å². The molecule has 0 bridgehead atoms. The standard InChI is InChI=1S/C14H20ClFN2/c1-2-4-12-9-17-7-8-18(12)10-11-5-3-6-13(16)14(11)15/h3,5-6,12,17H,2,4,7-10H2,1H3. The summed E-state index contributed by atoms with van der Waals surface area (Å²) in [6.07, 6.45) is 2.33. The lowest BCUT2D eigenvalue weighted by Crippen LogP contribution is -2.50. The Balaban J connectivity index is 2.08. The van der Waals surface area contributed by atoms with Crippen LogP contribution in [0.3, 0.4) is 0 Å². The summed E-state index contributed by atoms with van der Waals surface area (Å²) in [5, 5.41) is 3.68. The second-order valence-corrected chi connectivity index (χ2v) is 5.21. The Morgan fingerprint density at radius 1 is 1.50 bits per heavy atom. The topological polar surface area (TPSA) is 15.3 Å². The Hall–Kier alpha value is -0.640. The Kier molecular flexibility index (Phi) is 4.98. The minimum absolute atomic E-state index is 0.270. The number of piperazine rings is 1. The smallest absolute Gasteiger partial charge is 0.142 e. The van der Waals surface area contributed by atoms with Gasteiger partial charge in [0.25, 0.3) is 0 Å². The first-order chi connectivity index (χ1) is 8.72. The highest BCUT2D eigenvalue weighted by Gasteiger charge is 2.22. The van der Waals surface area contributed by atoms with Gasteiger partial charge >= 0.3 is 0 Å². The highest BCUT2D eigenvalue weighted by atomic mass is 35.5. The molecule has 0 radical (unpaired) electrons. The minimum Gasteiger partial charge on any atom is -0.314 e. The number of hydrogen-bond donors (Lipinski definition) is 1. The first kappa shape index (κ1) is 13.8. The molecule has 1 fully saturated rings. The van der Waals surface area contributed by atoms with Crippen molar-refractivity contribution in [2.45, 2.75) is 32.4 Å². The average molecular weight is 271 g/mol. The van der Waals surface area contributed by atoms with Crippen molar-refractivity contribution in [3.05, 3.63) is 34.6 Å². The molecule has 1 N–H and O–H groups in total. The van der Waals surface area contributed by atoms with E-state index in [0.717, 1.165) is 31.7 Å². The van der Waals surface area contributed by atoms with Crippen LogP contribution in [0.4, 0.5) is 4.39 Å². The van der Waals surface area contributed by atoms with Gasteiger partial charge < -0.3 is 5.32 Å². The van der Waals surface area contributed by atoms with Crippen LogP contribution in [0, 0.1) is 5.82 Å². The maximum Gasteiger partial charge on any atom is 0.142 e. The molecular weight excluding hydrogens is 251 g/mol. The summed E-state index contributed by atoms with van der Waals surface area (Å²) in [5.74, 6) is -0.323. The van der Waals surface area contributed by atoms with Crippen LogP contribution in [0.2, 0.25) is 5.02 Å². The first-order valence-electron chi connectivity index (χ1n) is 6.60. The van der Waals surface area contributed by atoms with E-state index < -0.39 is 0 Å². The third kappa shape index (κ3) is 3.22. The van der Waals surface area contributed by atoms with E-state index in [9.17, 15) is 4.39 Å². The maximum atomic E-state index is 13.4. The summed E-state index contributed by atoms with van der Waals surface area (Å²) in [6, 6.07) is 5.58. The highest BCUT2D eigenvalue weighted by Crippen LogP contribution is 2.23. The number of hydrogen-bond acceptors (Lipinski definition) is 2. The molecule has 100 valence electrons. The fourth-order valence-corrected chi connectivity index (χ4v) is 2.70. The number of rotatable bonds is 4. The monoisotopic (exact) mass is 270 g/mol. The molecule has 1 aliphatic rings. The third-order valence-corrected chi connectivity index (χ3v) is 3.92. The summed E-state index contributed by atoms with van der Waals surface area (Å²) < 4.78 is 13.4. The van der Waals surface area contributed by atoms with Gasteiger partial charge in [-0.3, -0.25) is 4.90 Å². The minimum atomic E-state index is -0.323. The fraction of sp³-hybridized carbons (Fsp3) is 0.571. The van der Waals surface area contributed by atoms with Gasteiger partial charge in [0.2, 0.25) is 0 Å². The van der Waals surface area contributed by atoms with Crippen LogP contribution in [-0.2, 0) is 6.54 Å². The Labute approximate surface area is 113 Å². The Bertz CT molecular complexity index is 395. The van der Waals surface area contributed by atoms with Crippen molar-refractivity contribution in [1.82, 2.24) is 10.2 Å². The Morgan fingerprint density at radius 2 is 2.33 bits per heavy atom. The molecule has 1 heterocycles. The summed E-state index contributed by atoms with van der Waals surface area (Å²) in [5.41, 5.74) is 0.889. The van der Waals surface area contributed by atoms with Gasteiger partial charge in [-0.1, -0.05) is 37.1 Å². The molecule has 0 amide bonds. The average Bonchev–Trinajstić information content (AvgIpc) is 2.37. The number of benzene rings is 1. The summed E-state index contributed by atoms with van der Waals surface area (Å²) in [7, 11) is 0. The van der Waals surface area contributed by atoms with Gasteiger partial charge in [0.05, 0.1) is 5.02 Å². The van der Waals surface area contributed by atoms with E-state index in [1.165, 1.54) is 18.9 Å². The molecule has 18 heavy (non-hydrogen) atoms.